The van der Waals surface area contributed by atoms with E-state index in [0.29, 0.717) is 17.2 Å². The minimum absolute atomic E-state index is 0.0408. The normalized spacial score (nSPS) is 21.9. The van der Waals surface area contributed by atoms with Gasteiger partial charge in [0.1, 0.15) is 6.04 Å². The number of nitrogens with one attached hydrogen (secondary N) is 1. The number of benzene rings is 2. The van der Waals surface area contributed by atoms with Crippen molar-refractivity contribution in [2.75, 3.05) is 11.6 Å². The summed E-state index contributed by atoms with van der Waals surface area (Å²) in [7, 11) is 0. The standard InChI is InChI=1S/C21H22N2O2S/c24-20(22-18-12-6-10-15-7-4-5-11-17(15)18)19-13-26-14-23(19)21(25)16-8-2-1-3-9-16/h1-5,7-9,11,18-19H,6,10,12-14H2,(H,22,24)/t18-,19+/m0/s1. The summed E-state index contributed by atoms with van der Waals surface area (Å²) in [5, 5.41) is 3.21. The molecule has 0 unspecified atom stereocenters. The van der Waals surface area contributed by atoms with Gasteiger partial charge >= 0.3 is 0 Å². The van der Waals surface area contributed by atoms with Crippen molar-refractivity contribution < 1.29 is 9.59 Å². The van der Waals surface area contributed by atoms with Gasteiger partial charge in [-0.05, 0) is 42.5 Å². The van der Waals surface area contributed by atoms with Gasteiger partial charge in [0.2, 0.25) is 5.91 Å². The van der Waals surface area contributed by atoms with Crippen LogP contribution in [0.2, 0.25) is 0 Å². The number of amides is 2. The largest absolute Gasteiger partial charge is 0.347 e. The maximum absolute atomic E-state index is 13.0. The van der Waals surface area contributed by atoms with Crippen molar-refractivity contribution in [3.63, 3.8) is 0 Å². The molecule has 2 aromatic carbocycles. The molecule has 0 aromatic heterocycles. The van der Waals surface area contributed by atoms with E-state index < -0.39 is 6.04 Å². The van der Waals surface area contributed by atoms with E-state index in [9.17, 15) is 9.59 Å². The highest BCUT2D eigenvalue weighted by Crippen LogP contribution is 2.30. The van der Waals surface area contributed by atoms with Gasteiger partial charge in [-0.15, -0.1) is 11.8 Å². The first kappa shape index (κ1) is 17.2. The van der Waals surface area contributed by atoms with E-state index in [0.717, 1.165) is 19.3 Å². The molecule has 2 aromatic rings. The van der Waals surface area contributed by atoms with Gasteiger partial charge in [-0.2, -0.15) is 0 Å². The molecule has 1 heterocycles. The Balaban J connectivity index is 1.49. The molecule has 4 nitrogen and oxygen atoms in total. The Labute approximate surface area is 158 Å². The third-order valence-corrected chi connectivity index (χ3v) is 6.16. The molecule has 134 valence electrons. The lowest BCUT2D eigenvalue weighted by molar-refractivity contribution is -0.125. The fourth-order valence-corrected chi connectivity index (χ4v) is 4.93. The zero-order valence-electron chi connectivity index (χ0n) is 14.6. The molecule has 1 aliphatic heterocycles. The van der Waals surface area contributed by atoms with E-state index in [2.05, 4.69) is 23.5 Å². The number of rotatable bonds is 3. The maximum atomic E-state index is 13.0. The number of nitrogens with zero attached hydrogens (tertiary/aromatic N) is 1. The summed E-state index contributed by atoms with van der Waals surface area (Å²) in [5.41, 5.74) is 3.18. The van der Waals surface area contributed by atoms with E-state index in [1.54, 1.807) is 28.8 Å². The van der Waals surface area contributed by atoms with Crippen LogP contribution in [0.3, 0.4) is 0 Å². The first-order valence-electron chi connectivity index (χ1n) is 9.06. The molecule has 0 spiro atoms. The van der Waals surface area contributed by atoms with Gasteiger partial charge in [-0.1, -0.05) is 42.5 Å². The summed E-state index contributed by atoms with van der Waals surface area (Å²) in [5.74, 6) is 1.10. The minimum atomic E-state index is -0.401. The zero-order valence-corrected chi connectivity index (χ0v) is 15.4. The first-order chi connectivity index (χ1) is 12.7. The van der Waals surface area contributed by atoms with Gasteiger partial charge in [0.25, 0.3) is 5.91 Å². The van der Waals surface area contributed by atoms with Crippen LogP contribution in [0.4, 0.5) is 0 Å². The number of hydrogen-bond donors (Lipinski definition) is 1. The molecule has 1 aliphatic carbocycles. The average molecular weight is 366 g/mol. The summed E-state index contributed by atoms with van der Waals surface area (Å²) in [6.45, 7) is 0. The quantitative estimate of drug-likeness (QED) is 0.906. The second-order valence-corrected chi connectivity index (χ2v) is 7.81. The summed E-state index contributed by atoms with van der Waals surface area (Å²) in [6, 6.07) is 17.2. The highest BCUT2D eigenvalue weighted by molar-refractivity contribution is 7.99. The second kappa shape index (κ2) is 7.54. The molecule has 0 saturated carbocycles. The smallest absolute Gasteiger partial charge is 0.255 e. The second-order valence-electron chi connectivity index (χ2n) is 6.81. The minimum Gasteiger partial charge on any atom is -0.347 e. The van der Waals surface area contributed by atoms with E-state index >= 15 is 0 Å². The van der Waals surface area contributed by atoms with Gasteiger partial charge < -0.3 is 10.2 Å². The predicted molar refractivity (Wildman–Crippen MR) is 104 cm³/mol. The van der Waals surface area contributed by atoms with Crippen LogP contribution in [0.15, 0.2) is 54.6 Å². The summed E-state index contributed by atoms with van der Waals surface area (Å²) in [4.78, 5) is 27.4. The number of hydrogen-bond acceptors (Lipinski definition) is 3. The van der Waals surface area contributed by atoms with Crippen molar-refractivity contribution >= 4 is 23.6 Å². The number of carbonyl (C=O) groups excluding carboxylic acids is 2. The van der Waals surface area contributed by atoms with Gasteiger partial charge in [-0.3, -0.25) is 9.59 Å². The Morgan fingerprint density at radius 3 is 2.65 bits per heavy atom. The number of aryl methyl sites for hydroxylation is 1. The van der Waals surface area contributed by atoms with Crippen LogP contribution < -0.4 is 5.32 Å². The molecule has 26 heavy (non-hydrogen) atoms. The SMILES string of the molecule is O=C(N[C@H]1CCCc2ccccc21)[C@H]1CSCN1C(=O)c1ccccc1. The van der Waals surface area contributed by atoms with Crippen molar-refractivity contribution in [2.45, 2.75) is 31.3 Å². The van der Waals surface area contributed by atoms with Crippen molar-refractivity contribution in [3.05, 3.63) is 71.3 Å². The van der Waals surface area contributed by atoms with Crippen molar-refractivity contribution in [2.24, 2.45) is 0 Å². The topological polar surface area (TPSA) is 49.4 Å². The molecule has 2 amide bonds. The monoisotopic (exact) mass is 366 g/mol. The van der Waals surface area contributed by atoms with Crippen LogP contribution in [0.5, 0.6) is 0 Å². The Morgan fingerprint density at radius 2 is 1.81 bits per heavy atom. The molecule has 2 atom stereocenters. The highest BCUT2D eigenvalue weighted by atomic mass is 32.2. The van der Waals surface area contributed by atoms with Gasteiger partial charge in [0, 0.05) is 11.3 Å². The lowest BCUT2D eigenvalue weighted by atomic mass is 9.87. The highest BCUT2D eigenvalue weighted by Gasteiger charge is 2.36. The molecular weight excluding hydrogens is 344 g/mol. The zero-order chi connectivity index (χ0) is 17.9. The van der Waals surface area contributed by atoms with E-state index in [-0.39, 0.29) is 17.9 Å². The van der Waals surface area contributed by atoms with Crippen LogP contribution in [-0.2, 0) is 11.2 Å². The Bertz CT molecular complexity index is 809. The van der Waals surface area contributed by atoms with Crippen LogP contribution in [0.1, 0.15) is 40.4 Å². The van der Waals surface area contributed by atoms with Gasteiger partial charge in [-0.25, -0.2) is 0 Å². The number of carbonyl (C=O) groups is 2. The molecule has 0 radical (unpaired) electrons. The maximum Gasteiger partial charge on any atom is 0.255 e. The number of thioether (sulfide) groups is 1. The molecule has 1 N–H and O–H groups in total. The van der Waals surface area contributed by atoms with E-state index in [4.69, 9.17) is 0 Å². The lowest BCUT2D eigenvalue weighted by Gasteiger charge is -2.29. The molecule has 2 aliphatic rings. The molecule has 5 heteroatoms. The Morgan fingerprint density at radius 1 is 1.04 bits per heavy atom. The summed E-state index contributed by atoms with van der Waals surface area (Å²) >= 11 is 1.63. The summed E-state index contributed by atoms with van der Waals surface area (Å²) < 4.78 is 0. The summed E-state index contributed by atoms with van der Waals surface area (Å²) in [6.07, 6.45) is 3.10. The molecule has 0 bridgehead atoms. The van der Waals surface area contributed by atoms with Crippen molar-refractivity contribution in [1.29, 1.82) is 0 Å². The predicted octanol–water partition coefficient (Wildman–Crippen LogP) is 3.40. The third kappa shape index (κ3) is 3.36. The van der Waals surface area contributed by atoms with Gasteiger partial charge in [0.05, 0.1) is 11.9 Å². The fraction of sp³-hybridized carbons (Fsp3) is 0.333. The van der Waals surface area contributed by atoms with E-state index in [1.165, 1.54) is 11.1 Å². The van der Waals surface area contributed by atoms with Gasteiger partial charge in [0.15, 0.2) is 0 Å². The molecule has 4 rings (SSSR count). The lowest BCUT2D eigenvalue weighted by Crippen LogP contribution is -2.48. The number of fused-ring (bicyclic) bond motifs is 1. The Hall–Kier alpha value is -2.27. The average Bonchev–Trinajstić information content (AvgIpc) is 3.18. The van der Waals surface area contributed by atoms with Crippen LogP contribution in [0, 0.1) is 0 Å². The van der Waals surface area contributed by atoms with Crippen LogP contribution in [0.25, 0.3) is 0 Å². The van der Waals surface area contributed by atoms with Crippen molar-refractivity contribution in [1.82, 2.24) is 10.2 Å². The van der Waals surface area contributed by atoms with E-state index in [1.807, 2.05) is 24.3 Å². The molecule has 1 saturated heterocycles. The Kier molecular flexibility index (Phi) is 4.98. The van der Waals surface area contributed by atoms with Crippen LogP contribution >= 0.6 is 11.8 Å². The van der Waals surface area contributed by atoms with Crippen LogP contribution in [-0.4, -0.2) is 34.4 Å². The fourth-order valence-electron chi connectivity index (χ4n) is 3.78. The first-order valence-corrected chi connectivity index (χ1v) is 10.2. The molecule has 1 fully saturated rings. The molecular formula is C21H22N2O2S. The third-order valence-electron chi connectivity index (χ3n) is 5.15. The van der Waals surface area contributed by atoms with Crippen molar-refractivity contribution in [3.8, 4) is 0 Å².